The molecule has 0 radical (unpaired) electrons. The zero-order valence-electron chi connectivity index (χ0n) is 13.2. The molecule has 2 amide bonds. The minimum Gasteiger partial charge on any atom is -0.468 e. The summed E-state index contributed by atoms with van der Waals surface area (Å²) in [7, 11) is 0. The first kappa shape index (κ1) is 15.4. The summed E-state index contributed by atoms with van der Waals surface area (Å²) in [6.45, 7) is 6.61. The van der Waals surface area contributed by atoms with E-state index in [0.29, 0.717) is 26.3 Å². The molecule has 2 atom stereocenters. The molecule has 122 valence electrons. The van der Waals surface area contributed by atoms with E-state index in [0.717, 1.165) is 18.8 Å². The second kappa shape index (κ2) is 7.15. The highest BCUT2D eigenvalue weighted by molar-refractivity contribution is 5.74. The molecule has 3 rings (SSSR count). The summed E-state index contributed by atoms with van der Waals surface area (Å²) < 4.78 is 11.0. The number of likely N-dealkylation sites (tertiary alicyclic amines) is 1. The van der Waals surface area contributed by atoms with Crippen LogP contribution >= 0.6 is 0 Å². The molecule has 0 saturated carbocycles. The summed E-state index contributed by atoms with van der Waals surface area (Å²) in [5, 5.41) is 3.08. The van der Waals surface area contributed by atoms with Gasteiger partial charge in [0.15, 0.2) is 0 Å². The van der Waals surface area contributed by atoms with Crippen LogP contribution in [0.3, 0.4) is 0 Å². The fourth-order valence-electron chi connectivity index (χ4n) is 3.26. The number of morpholine rings is 1. The monoisotopic (exact) mass is 307 g/mol. The molecule has 2 fully saturated rings. The second-order valence-electron chi connectivity index (χ2n) is 6.08. The maximum Gasteiger partial charge on any atom is 0.317 e. The second-order valence-corrected chi connectivity index (χ2v) is 6.08. The summed E-state index contributed by atoms with van der Waals surface area (Å²) in [4.78, 5) is 16.7. The van der Waals surface area contributed by atoms with Crippen LogP contribution < -0.4 is 5.32 Å². The van der Waals surface area contributed by atoms with Gasteiger partial charge < -0.3 is 19.4 Å². The third-order valence-corrected chi connectivity index (χ3v) is 4.53. The molecular weight excluding hydrogens is 282 g/mol. The Balaban J connectivity index is 1.60. The molecule has 1 aromatic rings. The minimum atomic E-state index is -0.00782. The van der Waals surface area contributed by atoms with Gasteiger partial charge in [0.05, 0.1) is 31.6 Å². The quantitative estimate of drug-likeness (QED) is 0.922. The lowest BCUT2D eigenvalue weighted by molar-refractivity contribution is 0.0186. The van der Waals surface area contributed by atoms with Crippen LogP contribution in [0.25, 0.3) is 0 Å². The van der Waals surface area contributed by atoms with Gasteiger partial charge in [0.1, 0.15) is 5.76 Å². The highest BCUT2D eigenvalue weighted by atomic mass is 16.5. The average molecular weight is 307 g/mol. The van der Waals surface area contributed by atoms with Gasteiger partial charge in [-0.1, -0.05) is 0 Å². The van der Waals surface area contributed by atoms with Gasteiger partial charge >= 0.3 is 6.03 Å². The molecule has 22 heavy (non-hydrogen) atoms. The van der Waals surface area contributed by atoms with E-state index >= 15 is 0 Å². The summed E-state index contributed by atoms with van der Waals surface area (Å²) in [5.74, 6) is 0.928. The number of hydrogen-bond acceptors (Lipinski definition) is 4. The summed E-state index contributed by atoms with van der Waals surface area (Å²) >= 11 is 0. The number of nitrogens with zero attached hydrogens (tertiary/aromatic N) is 2. The molecule has 0 spiro atoms. The van der Waals surface area contributed by atoms with Crippen LogP contribution in [0.4, 0.5) is 4.79 Å². The standard InChI is InChI=1S/C16H25N3O3/c1-13-12-21-10-8-19(13)16(20)17-11-14(15-5-4-9-22-15)18-6-2-3-7-18/h4-5,9,13-14H,2-3,6-8,10-12H2,1H3,(H,17,20)/t13-,14+/m0/s1. The first-order chi connectivity index (χ1) is 10.8. The Morgan fingerprint density at radius 3 is 2.91 bits per heavy atom. The molecule has 1 N–H and O–H groups in total. The van der Waals surface area contributed by atoms with Gasteiger partial charge in [-0.15, -0.1) is 0 Å². The van der Waals surface area contributed by atoms with Crippen molar-refractivity contribution in [2.75, 3.05) is 39.4 Å². The number of furan rings is 1. The number of hydrogen-bond donors (Lipinski definition) is 1. The van der Waals surface area contributed by atoms with Gasteiger partial charge in [0.25, 0.3) is 0 Å². The maximum absolute atomic E-state index is 12.4. The fraction of sp³-hybridized carbons (Fsp3) is 0.688. The van der Waals surface area contributed by atoms with E-state index in [9.17, 15) is 4.79 Å². The number of ether oxygens (including phenoxy) is 1. The lowest BCUT2D eigenvalue weighted by Crippen LogP contribution is -2.52. The van der Waals surface area contributed by atoms with E-state index in [-0.39, 0.29) is 18.1 Å². The third-order valence-electron chi connectivity index (χ3n) is 4.53. The zero-order chi connectivity index (χ0) is 15.4. The highest BCUT2D eigenvalue weighted by Gasteiger charge is 2.28. The molecule has 0 bridgehead atoms. The van der Waals surface area contributed by atoms with Gasteiger partial charge in [-0.3, -0.25) is 4.90 Å². The molecule has 1 aromatic heterocycles. The summed E-state index contributed by atoms with van der Waals surface area (Å²) in [6.07, 6.45) is 4.13. The van der Waals surface area contributed by atoms with Crippen molar-refractivity contribution in [2.24, 2.45) is 0 Å². The number of carbonyl (C=O) groups is 1. The zero-order valence-corrected chi connectivity index (χ0v) is 13.2. The lowest BCUT2D eigenvalue weighted by atomic mass is 10.2. The number of rotatable bonds is 4. The first-order valence-corrected chi connectivity index (χ1v) is 8.15. The largest absolute Gasteiger partial charge is 0.468 e. The van der Waals surface area contributed by atoms with Crippen molar-refractivity contribution in [3.63, 3.8) is 0 Å². The Morgan fingerprint density at radius 2 is 2.23 bits per heavy atom. The Labute approximate surface area is 131 Å². The van der Waals surface area contributed by atoms with Gasteiger partial charge in [0, 0.05) is 13.1 Å². The SMILES string of the molecule is C[C@H]1COCCN1C(=O)NC[C@H](c1ccco1)N1CCCC1. The Bertz CT molecular complexity index is 471. The summed E-state index contributed by atoms with van der Waals surface area (Å²) in [5.41, 5.74) is 0. The number of nitrogens with one attached hydrogen (secondary N) is 1. The highest BCUT2D eigenvalue weighted by Crippen LogP contribution is 2.25. The molecule has 6 nitrogen and oxygen atoms in total. The fourth-order valence-corrected chi connectivity index (χ4v) is 3.26. The van der Waals surface area contributed by atoms with Crippen molar-refractivity contribution in [2.45, 2.75) is 31.8 Å². The Kier molecular flexibility index (Phi) is 5.00. The predicted octanol–water partition coefficient (Wildman–Crippen LogP) is 1.85. The molecule has 3 heterocycles. The lowest BCUT2D eigenvalue weighted by Gasteiger charge is -2.34. The van der Waals surface area contributed by atoms with Crippen molar-refractivity contribution >= 4 is 6.03 Å². The van der Waals surface area contributed by atoms with E-state index in [2.05, 4.69) is 10.2 Å². The number of carbonyl (C=O) groups excluding carboxylic acids is 1. The van der Waals surface area contributed by atoms with Crippen LogP contribution in [0, 0.1) is 0 Å². The normalized spacial score (nSPS) is 24.4. The first-order valence-electron chi connectivity index (χ1n) is 8.15. The van der Waals surface area contributed by atoms with Crippen molar-refractivity contribution in [3.05, 3.63) is 24.2 Å². The molecule has 2 saturated heterocycles. The Hall–Kier alpha value is -1.53. The molecule has 2 aliphatic heterocycles. The van der Waals surface area contributed by atoms with E-state index in [1.54, 1.807) is 6.26 Å². The van der Waals surface area contributed by atoms with Gasteiger partial charge in [0.2, 0.25) is 0 Å². The van der Waals surface area contributed by atoms with Crippen molar-refractivity contribution < 1.29 is 13.9 Å². The smallest absolute Gasteiger partial charge is 0.317 e. The van der Waals surface area contributed by atoms with Gasteiger partial charge in [-0.05, 0) is 45.0 Å². The van der Waals surface area contributed by atoms with Crippen LogP contribution in [0.1, 0.15) is 31.6 Å². The van der Waals surface area contributed by atoms with Gasteiger partial charge in [-0.25, -0.2) is 4.79 Å². The molecule has 2 aliphatic rings. The minimum absolute atomic E-state index is 0.00782. The van der Waals surface area contributed by atoms with E-state index < -0.39 is 0 Å². The summed E-state index contributed by atoms with van der Waals surface area (Å²) in [6, 6.07) is 4.14. The van der Waals surface area contributed by atoms with Crippen LogP contribution in [-0.4, -0.2) is 61.3 Å². The van der Waals surface area contributed by atoms with E-state index in [1.807, 2.05) is 24.0 Å². The molecule has 0 aliphatic carbocycles. The molecule has 0 aromatic carbocycles. The topological polar surface area (TPSA) is 58.0 Å². The number of urea groups is 1. The number of amides is 2. The molecule has 6 heteroatoms. The average Bonchev–Trinajstić information content (AvgIpc) is 3.21. The van der Waals surface area contributed by atoms with Crippen LogP contribution in [0.5, 0.6) is 0 Å². The molecule has 0 unspecified atom stereocenters. The van der Waals surface area contributed by atoms with E-state index in [1.165, 1.54) is 12.8 Å². The van der Waals surface area contributed by atoms with Crippen molar-refractivity contribution in [1.29, 1.82) is 0 Å². The van der Waals surface area contributed by atoms with Crippen LogP contribution in [0.15, 0.2) is 22.8 Å². The third kappa shape index (κ3) is 3.44. The predicted molar refractivity (Wildman–Crippen MR) is 82.6 cm³/mol. The van der Waals surface area contributed by atoms with Crippen LogP contribution in [-0.2, 0) is 4.74 Å². The van der Waals surface area contributed by atoms with Gasteiger partial charge in [-0.2, -0.15) is 0 Å². The maximum atomic E-state index is 12.4. The van der Waals surface area contributed by atoms with E-state index in [4.69, 9.17) is 9.15 Å². The van der Waals surface area contributed by atoms with Crippen molar-refractivity contribution in [1.82, 2.24) is 15.1 Å². The van der Waals surface area contributed by atoms with Crippen molar-refractivity contribution in [3.8, 4) is 0 Å². The van der Waals surface area contributed by atoms with Crippen LogP contribution in [0.2, 0.25) is 0 Å². The Morgan fingerprint density at radius 1 is 1.41 bits per heavy atom. The molecular formula is C16H25N3O3.